The summed E-state index contributed by atoms with van der Waals surface area (Å²) in [4.78, 5) is 20.7. The molecule has 2 aromatic rings. The van der Waals surface area contributed by atoms with Gasteiger partial charge in [-0.3, -0.25) is 14.7 Å². The summed E-state index contributed by atoms with van der Waals surface area (Å²) >= 11 is 0. The summed E-state index contributed by atoms with van der Waals surface area (Å²) in [6.07, 6.45) is 4.23. The highest BCUT2D eigenvalue weighted by Gasteiger charge is 2.20. The molecule has 0 N–H and O–H groups in total. The van der Waals surface area contributed by atoms with Gasteiger partial charge in [0, 0.05) is 50.7 Å². The molecule has 1 aliphatic rings. The SMILES string of the molecule is O=C(c1ccncc1)N1CCCN(Cc2ccc(F)cc2)CC1. The normalized spacial score (nSPS) is 16.1. The van der Waals surface area contributed by atoms with Crippen LogP contribution in [-0.4, -0.2) is 46.9 Å². The van der Waals surface area contributed by atoms with Crippen molar-refractivity contribution in [3.8, 4) is 0 Å². The number of hydrogen-bond acceptors (Lipinski definition) is 3. The Bertz CT molecular complexity index is 645. The van der Waals surface area contributed by atoms with Crippen molar-refractivity contribution in [1.29, 1.82) is 0 Å². The first-order valence-electron chi connectivity index (χ1n) is 7.88. The van der Waals surface area contributed by atoms with E-state index in [9.17, 15) is 9.18 Å². The molecular weight excluding hydrogens is 293 g/mol. The number of rotatable bonds is 3. The smallest absolute Gasteiger partial charge is 0.254 e. The van der Waals surface area contributed by atoms with Crippen LogP contribution in [0.5, 0.6) is 0 Å². The fraction of sp³-hybridized carbons (Fsp3) is 0.333. The van der Waals surface area contributed by atoms with Crippen molar-refractivity contribution < 1.29 is 9.18 Å². The van der Waals surface area contributed by atoms with Crippen molar-refractivity contribution in [2.45, 2.75) is 13.0 Å². The minimum absolute atomic E-state index is 0.0658. The van der Waals surface area contributed by atoms with E-state index in [1.165, 1.54) is 12.1 Å². The van der Waals surface area contributed by atoms with Gasteiger partial charge in [-0.05, 0) is 36.2 Å². The lowest BCUT2D eigenvalue weighted by Gasteiger charge is -2.22. The van der Waals surface area contributed by atoms with E-state index in [1.54, 1.807) is 24.5 Å². The summed E-state index contributed by atoms with van der Waals surface area (Å²) in [5, 5.41) is 0. The molecule has 1 aliphatic heterocycles. The average molecular weight is 313 g/mol. The van der Waals surface area contributed by atoms with Crippen LogP contribution in [-0.2, 0) is 6.54 Å². The first kappa shape index (κ1) is 15.6. The Kier molecular flexibility index (Phi) is 4.98. The van der Waals surface area contributed by atoms with Crippen LogP contribution >= 0.6 is 0 Å². The Morgan fingerprint density at radius 1 is 1.00 bits per heavy atom. The molecule has 0 unspecified atom stereocenters. The first-order chi connectivity index (χ1) is 11.2. The van der Waals surface area contributed by atoms with Gasteiger partial charge in [-0.25, -0.2) is 4.39 Å². The zero-order chi connectivity index (χ0) is 16.1. The largest absolute Gasteiger partial charge is 0.337 e. The van der Waals surface area contributed by atoms with Gasteiger partial charge in [0.2, 0.25) is 0 Å². The van der Waals surface area contributed by atoms with Gasteiger partial charge in [0.25, 0.3) is 5.91 Å². The topological polar surface area (TPSA) is 36.4 Å². The van der Waals surface area contributed by atoms with Crippen molar-refractivity contribution in [2.75, 3.05) is 26.2 Å². The van der Waals surface area contributed by atoms with Gasteiger partial charge in [0.05, 0.1) is 0 Å². The van der Waals surface area contributed by atoms with Crippen molar-refractivity contribution in [3.63, 3.8) is 0 Å². The van der Waals surface area contributed by atoms with Crippen LogP contribution in [0.3, 0.4) is 0 Å². The second kappa shape index (κ2) is 7.33. The van der Waals surface area contributed by atoms with E-state index in [4.69, 9.17) is 0 Å². The fourth-order valence-corrected chi connectivity index (χ4v) is 2.86. The molecule has 0 aliphatic carbocycles. The second-order valence-electron chi connectivity index (χ2n) is 5.78. The maximum Gasteiger partial charge on any atom is 0.254 e. The van der Waals surface area contributed by atoms with Crippen LogP contribution in [0.25, 0.3) is 0 Å². The van der Waals surface area contributed by atoms with E-state index in [0.717, 1.165) is 38.2 Å². The number of pyridine rings is 1. The third kappa shape index (κ3) is 4.13. The standard InChI is InChI=1S/C18H20FN3O/c19-17-4-2-15(3-5-17)14-21-10-1-11-22(13-12-21)18(23)16-6-8-20-9-7-16/h2-9H,1,10-14H2. The Balaban J connectivity index is 1.59. The zero-order valence-corrected chi connectivity index (χ0v) is 13.0. The highest BCUT2D eigenvalue weighted by Crippen LogP contribution is 2.12. The molecule has 4 nitrogen and oxygen atoms in total. The third-order valence-corrected chi connectivity index (χ3v) is 4.12. The molecule has 1 amide bonds. The number of hydrogen-bond donors (Lipinski definition) is 0. The number of amides is 1. The number of nitrogens with zero attached hydrogens (tertiary/aromatic N) is 3. The average Bonchev–Trinajstić information content (AvgIpc) is 2.83. The highest BCUT2D eigenvalue weighted by molar-refractivity contribution is 5.94. The van der Waals surface area contributed by atoms with Gasteiger partial charge < -0.3 is 4.90 Å². The van der Waals surface area contributed by atoms with Crippen LogP contribution in [0.2, 0.25) is 0 Å². The van der Waals surface area contributed by atoms with Crippen LogP contribution < -0.4 is 0 Å². The summed E-state index contributed by atoms with van der Waals surface area (Å²) in [5.74, 6) is -0.144. The van der Waals surface area contributed by atoms with Crippen LogP contribution in [0.1, 0.15) is 22.3 Å². The quantitative estimate of drug-likeness (QED) is 0.874. The fourth-order valence-electron chi connectivity index (χ4n) is 2.86. The van der Waals surface area contributed by atoms with E-state index < -0.39 is 0 Å². The molecule has 0 saturated carbocycles. The Morgan fingerprint density at radius 3 is 2.48 bits per heavy atom. The molecule has 0 spiro atoms. The number of carbonyl (C=O) groups is 1. The summed E-state index contributed by atoms with van der Waals surface area (Å²) in [6, 6.07) is 10.1. The van der Waals surface area contributed by atoms with E-state index in [-0.39, 0.29) is 11.7 Å². The molecule has 1 saturated heterocycles. The summed E-state index contributed by atoms with van der Waals surface area (Å²) in [5.41, 5.74) is 1.78. The van der Waals surface area contributed by atoms with Gasteiger partial charge in [0.1, 0.15) is 5.82 Å². The van der Waals surface area contributed by atoms with E-state index in [2.05, 4.69) is 9.88 Å². The lowest BCUT2D eigenvalue weighted by atomic mass is 10.2. The van der Waals surface area contributed by atoms with Crippen molar-refractivity contribution in [1.82, 2.24) is 14.8 Å². The van der Waals surface area contributed by atoms with Crippen LogP contribution in [0.4, 0.5) is 4.39 Å². The minimum atomic E-state index is -0.210. The molecule has 1 aromatic carbocycles. The molecule has 2 heterocycles. The summed E-state index contributed by atoms with van der Waals surface area (Å²) in [7, 11) is 0. The molecule has 23 heavy (non-hydrogen) atoms. The first-order valence-corrected chi connectivity index (χ1v) is 7.88. The molecular formula is C18H20FN3O. The van der Waals surface area contributed by atoms with Crippen molar-refractivity contribution >= 4 is 5.91 Å². The number of aromatic nitrogens is 1. The summed E-state index contributed by atoms with van der Waals surface area (Å²) in [6.45, 7) is 4.03. The third-order valence-electron chi connectivity index (χ3n) is 4.12. The predicted molar refractivity (Wildman–Crippen MR) is 86.4 cm³/mol. The molecule has 120 valence electrons. The van der Waals surface area contributed by atoms with Crippen LogP contribution in [0, 0.1) is 5.82 Å². The Labute approximate surface area is 135 Å². The molecule has 1 aromatic heterocycles. The zero-order valence-electron chi connectivity index (χ0n) is 13.0. The van der Waals surface area contributed by atoms with Gasteiger partial charge in [-0.1, -0.05) is 12.1 Å². The monoisotopic (exact) mass is 313 g/mol. The Morgan fingerprint density at radius 2 is 1.74 bits per heavy atom. The molecule has 0 atom stereocenters. The maximum absolute atomic E-state index is 13.0. The molecule has 5 heteroatoms. The number of benzene rings is 1. The number of carbonyl (C=O) groups excluding carboxylic acids is 1. The van der Waals surface area contributed by atoms with E-state index in [0.29, 0.717) is 12.1 Å². The van der Waals surface area contributed by atoms with Crippen LogP contribution in [0.15, 0.2) is 48.8 Å². The lowest BCUT2D eigenvalue weighted by molar-refractivity contribution is 0.0761. The van der Waals surface area contributed by atoms with E-state index >= 15 is 0 Å². The molecule has 3 rings (SSSR count). The van der Waals surface area contributed by atoms with Gasteiger partial charge >= 0.3 is 0 Å². The van der Waals surface area contributed by atoms with Gasteiger partial charge in [0.15, 0.2) is 0 Å². The van der Waals surface area contributed by atoms with Gasteiger partial charge in [-0.15, -0.1) is 0 Å². The lowest BCUT2D eigenvalue weighted by Crippen LogP contribution is -2.35. The minimum Gasteiger partial charge on any atom is -0.337 e. The molecule has 1 fully saturated rings. The maximum atomic E-state index is 13.0. The predicted octanol–water partition coefficient (Wildman–Crippen LogP) is 2.57. The molecule has 0 bridgehead atoms. The number of halogens is 1. The van der Waals surface area contributed by atoms with E-state index in [1.807, 2.05) is 17.0 Å². The van der Waals surface area contributed by atoms with Gasteiger partial charge in [-0.2, -0.15) is 0 Å². The second-order valence-corrected chi connectivity index (χ2v) is 5.78. The Hall–Kier alpha value is -2.27. The van der Waals surface area contributed by atoms with Crippen molar-refractivity contribution in [2.24, 2.45) is 0 Å². The molecule has 0 radical (unpaired) electrons. The van der Waals surface area contributed by atoms with Crippen molar-refractivity contribution in [3.05, 3.63) is 65.7 Å². The summed E-state index contributed by atoms with van der Waals surface area (Å²) < 4.78 is 13.0. The highest BCUT2D eigenvalue weighted by atomic mass is 19.1.